The molecule has 34 heavy (non-hydrogen) atoms. The van der Waals surface area contributed by atoms with E-state index >= 15 is 0 Å². The van der Waals surface area contributed by atoms with Crippen molar-refractivity contribution in [3.05, 3.63) is 83.9 Å². The van der Waals surface area contributed by atoms with Crippen LogP contribution in [-0.2, 0) is 14.8 Å². The van der Waals surface area contributed by atoms with Crippen molar-refractivity contribution in [1.29, 1.82) is 0 Å². The summed E-state index contributed by atoms with van der Waals surface area (Å²) in [6.07, 6.45) is 0.647. The summed E-state index contributed by atoms with van der Waals surface area (Å²) in [5.74, 6) is 0.913. The van der Waals surface area contributed by atoms with Crippen molar-refractivity contribution < 1.29 is 22.7 Å². The van der Waals surface area contributed by atoms with Crippen LogP contribution < -0.4 is 19.1 Å². The van der Waals surface area contributed by atoms with Crippen LogP contribution in [0.4, 0.5) is 5.69 Å². The van der Waals surface area contributed by atoms with Gasteiger partial charge in [-0.05, 0) is 66.9 Å². The van der Waals surface area contributed by atoms with Gasteiger partial charge in [0.2, 0.25) is 5.91 Å². The zero-order valence-electron chi connectivity index (χ0n) is 19.8. The first-order valence-corrected chi connectivity index (χ1v) is 12.4. The second kappa shape index (κ2) is 11.1. The number of amides is 1. The highest BCUT2D eigenvalue weighted by molar-refractivity contribution is 7.92. The zero-order chi connectivity index (χ0) is 24.7. The fourth-order valence-corrected chi connectivity index (χ4v) is 5.12. The Morgan fingerprint density at radius 3 is 2.21 bits per heavy atom. The number of para-hydroxylation sites is 1. The molecule has 0 unspecified atom stereocenters. The summed E-state index contributed by atoms with van der Waals surface area (Å²) in [5, 5.41) is 2.98. The van der Waals surface area contributed by atoms with Crippen molar-refractivity contribution >= 4 is 21.6 Å². The Morgan fingerprint density at radius 2 is 1.65 bits per heavy atom. The van der Waals surface area contributed by atoms with Gasteiger partial charge in [-0.25, -0.2) is 8.42 Å². The average Bonchev–Trinajstić information content (AvgIpc) is 2.86. The Kier molecular flexibility index (Phi) is 8.17. The smallest absolute Gasteiger partial charge is 0.264 e. The van der Waals surface area contributed by atoms with Gasteiger partial charge in [-0.15, -0.1) is 0 Å². The molecule has 3 rings (SSSR count). The molecule has 1 amide bonds. The molecule has 0 aromatic heterocycles. The monoisotopic (exact) mass is 482 g/mol. The molecule has 180 valence electrons. The van der Waals surface area contributed by atoms with E-state index in [1.165, 1.54) is 19.2 Å². The number of nitrogens with one attached hydrogen (secondary N) is 1. The van der Waals surface area contributed by atoms with Gasteiger partial charge in [0.25, 0.3) is 10.0 Å². The van der Waals surface area contributed by atoms with E-state index < -0.39 is 15.9 Å². The standard InChI is InChI=1S/C26H30N2O5S/c1-5-24(20-11-16-25(33-4)19(2)17-20)27-26(29)18-28(21-9-7-6-8-10-21)34(30,31)23-14-12-22(32-3)13-15-23/h6-17,24H,5,18H2,1-4H3,(H,27,29)/t24-/m0/s1. The van der Waals surface area contributed by atoms with Gasteiger partial charge in [-0.3, -0.25) is 9.10 Å². The van der Waals surface area contributed by atoms with E-state index in [9.17, 15) is 13.2 Å². The summed E-state index contributed by atoms with van der Waals surface area (Å²) in [7, 11) is -0.871. The predicted molar refractivity (Wildman–Crippen MR) is 133 cm³/mol. The lowest BCUT2D eigenvalue weighted by Gasteiger charge is -2.26. The summed E-state index contributed by atoms with van der Waals surface area (Å²) in [6, 6.07) is 20.2. The number of hydrogen-bond donors (Lipinski definition) is 1. The lowest BCUT2D eigenvalue weighted by Crippen LogP contribution is -2.42. The van der Waals surface area contributed by atoms with Crippen LogP contribution in [0.1, 0.15) is 30.5 Å². The number of benzene rings is 3. The molecule has 8 heteroatoms. The molecule has 0 saturated heterocycles. The second-order valence-corrected chi connectivity index (χ2v) is 9.64. The van der Waals surface area contributed by atoms with Gasteiger partial charge < -0.3 is 14.8 Å². The SMILES string of the molecule is CC[C@H](NC(=O)CN(c1ccccc1)S(=O)(=O)c1ccc(OC)cc1)c1ccc(OC)c(C)c1. The predicted octanol–water partition coefficient (Wildman–Crippen LogP) is 4.48. The van der Waals surface area contributed by atoms with E-state index in [0.717, 1.165) is 21.2 Å². The number of methoxy groups -OCH3 is 2. The van der Waals surface area contributed by atoms with Gasteiger partial charge in [-0.2, -0.15) is 0 Å². The Balaban J connectivity index is 1.87. The van der Waals surface area contributed by atoms with Crippen LogP contribution in [0.5, 0.6) is 11.5 Å². The summed E-state index contributed by atoms with van der Waals surface area (Å²) < 4.78 is 38.6. The van der Waals surface area contributed by atoms with Gasteiger partial charge >= 0.3 is 0 Å². The molecule has 3 aromatic carbocycles. The minimum atomic E-state index is -4.00. The number of aryl methyl sites for hydroxylation is 1. The molecule has 0 heterocycles. The molecule has 0 spiro atoms. The third-order valence-electron chi connectivity index (χ3n) is 5.54. The quantitative estimate of drug-likeness (QED) is 0.461. The number of carbonyl (C=O) groups is 1. The molecule has 0 aliphatic carbocycles. The fraction of sp³-hybridized carbons (Fsp3) is 0.269. The number of nitrogens with zero attached hydrogens (tertiary/aromatic N) is 1. The van der Waals surface area contributed by atoms with Gasteiger partial charge in [-0.1, -0.05) is 37.3 Å². The van der Waals surface area contributed by atoms with Crippen molar-refractivity contribution in [2.75, 3.05) is 25.1 Å². The van der Waals surface area contributed by atoms with Crippen molar-refractivity contribution in [2.24, 2.45) is 0 Å². The largest absolute Gasteiger partial charge is 0.497 e. The number of hydrogen-bond acceptors (Lipinski definition) is 5. The Hall–Kier alpha value is -3.52. The molecule has 0 aliphatic rings. The van der Waals surface area contributed by atoms with E-state index in [1.54, 1.807) is 49.6 Å². The molecule has 0 saturated carbocycles. The van der Waals surface area contributed by atoms with Crippen molar-refractivity contribution in [3.63, 3.8) is 0 Å². The zero-order valence-corrected chi connectivity index (χ0v) is 20.6. The van der Waals surface area contributed by atoms with Crippen LogP contribution in [0.15, 0.2) is 77.7 Å². The van der Waals surface area contributed by atoms with Crippen molar-refractivity contribution in [1.82, 2.24) is 5.32 Å². The molecule has 1 atom stereocenters. The number of sulfonamides is 1. The lowest BCUT2D eigenvalue weighted by molar-refractivity contribution is -0.120. The van der Waals surface area contributed by atoms with Gasteiger partial charge in [0.15, 0.2) is 0 Å². The van der Waals surface area contributed by atoms with Gasteiger partial charge in [0, 0.05) is 0 Å². The Bertz CT molecular complexity index is 1210. The molecule has 0 fully saturated rings. The summed E-state index contributed by atoms with van der Waals surface area (Å²) in [4.78, 5) is 13.2. The third kappa shape index (κ3) is 5.69. The van der Waals surface area contributed by atoms with Crippen LogP contribution in [0.3, 0.4) is 0 Å². The maximum absolute atomic E-state index is 13.5. The average molecular weight is 483 g/mol. The number of rotatable bonds is 10. The molecule has 0 radical (unpaired) electrons. The van der Waals surface area contributed by atoms with E-state index in [1.807, 2.05) is 32.0 Å². The minimum absolute atomic E-state index is 0.0720. The van der Waals surface area contributed by atoms with Crippen LogP contribution in [0.2, 0.25) is 0 Å². The second-order valence-electron chi connectivity index (χ2n) is 7.78. The number of carbonyl (C=O) groups excluding carboxylic acids is 1. The first kappa shape index (κ1) is 25.1. The molecule has 0 aliphatic heterocycles. The Labute approximate surface area is 201 Å². The maximum Gasteiger partial charge on any atom is 0.264 e. The highest BCUT2D eigenvalue weighted by Crippen LogP contribution is 2.26. The highest BCUT2D eigenvalue weighted by Gasteiger charge is 2.28. The molecule has 7 nitrogen and oxygen atoms in total. The van der Waals surface area contributed by atoms with Crippen molar-refractivity contribution in [2.45, 2.75) is 31.2 Å². The van der Waals surface area contributed by atoms with Crippen LogP contribution in [0.25, 0.3) is 0 Å². The first-order chi connectivity index (χ1) is 16.3. The lowest BCUT2D eigenvalue weighted by atomic mass is 10.0. The molecular weight excluding hydrogens is 452 g/mol. The molecular formula is C26H30N2O5S. The summed E-state index contributed by atoms with van der Waals surface area (Å²) in [5.41, 5.74) is 2.29. The van der Waals surface area contributed by atoms with E-state index in [-0.39, 0.29) is 17.5 Å². The van der Waals surface area contributed by atoms with Crippen LogP contribution in [-0.4, -0.2) is 35.1 Å². The normalized spacial score (nSPS) is 12.0. The molecule has 0 bridgehead atoms. The van der Waals surface area contributed by atoms with Crippen LogP contribution >= 0.6 is 0 Å². The van der Waals surface area contributed by atoms with Gasteiger partial charge in [0.1, 0.15) is 18.0 Å². The molecule has 1 N–H and O–H groups in total. The fourth-order valence-electron chi connectivity index (χ4n) is 3.69. The van der Waals surface area contributed by atoms with Gasteiger partial charge in [0.05, 0.1) is 30.8 Å². The van der Waals surface area contributed by atoms with Crippen LogP contribution in [0, 0.1) is 6.92 Å². The number of ether oxygens (including phenoxy) is 2. The van der Waals surface area contributed by atoms with E-state index in [4.69, 9.17) is 9.47 Å². The number of anilines is 1. The Morgan fingerprint density at radius 1 is 0.971 bits per heavy atom. The highest BCUT2D eigenvalue weighted by atomic mass is 32.2. The van der Waals surface area contributed by atoms with E-state index in [0.29, 0.717) is 17.9 Å². The van der Waals surface area contributed by atoms with Crippen molar-refractivity contribution in [3.8, 4) is 11.5 Å². The molecule has 3 aromatic rings. The topological polar surface area (TPSA) is 84.9 Å². The summed E-state index contributed by atoms with van der Waals surface area (Å²) >= 11 is 0. The van der Waals surface area contributed by atoms with E-state index in [2.05, 4.69) is 5.32 Å². The first-order valence-electron chi connectivity index (χ1n) is 11.0. The maximum atomic E-state index is 13.5. The minimum Gasteiger partial charge on any atom is -0.497 e. The third-order valence-corrected chi connectivity index (χ3v) is 7.33. The summed E-state index contributed by atoms with van der Waals surface area (Å²) in [6.45, 7) is 3.55.